The molecule has 0 spiro atoms. The number of hydrogen-bond donors (Lipinski definition) is 1. The number of Topliss-reactive ketones (excluding diaryl/α,β-unsaturated/α-hetero) is 1. The second kappa shape index (κ2) is 9.49. The number of aliphatic hydroxyl groups excluding tert-OH is 1. The molecule has 6 nitrogen and oxygen atoms in total. The number of halogens is 2. The van der Waals surface area contributed by atoms with Gasteiger partial charge in [0.15, 0.2) is 0 Å². The van der Waals surface area contributed by atoms with Crippen LogP contribution in [-0.2, 0) is 9.59 Å². The third-order valence-electron chi connectivity index (χ3n) is 5.13. The fraction of sp³-hybridized carbons (Fsp3) is 0.304. The molecule has 1 aliphatic rings. The van der Waals surface area contributed by atoms with E-state index in [1.165, 1.54) is 36.3 Å². The maximum Gasteiger partial charge on any atom is 0.295 e. The Morgan fingerprint density at radius 2 is 1.97 bits per heavy atom. The monoisotopic (exact) mass is 446 g/mol. The highest BCUT2D eigenvalue weighted by molar-refractivity contribution is 6.46. The van der Waals surface area contributed by atoms with E-state index in [0.29, 0.717) is 24.3 Å². The molecule has 3 rings (SSSR count). The van der Waals surface area contributed by atoms with Crippen LogP contribution in [0.1, 0.15) is 23.6 Å². The minimum atomic E-state index is -0.904. The summed E-state index contributed by atoms with van der Waals surface area (Å²) >= 11 is 6.17. The van der Waals surface area contributed by atoms with E-state index in [9.17, 15) is 19.1 Å². The molecule has 1 saturated heterocycles. The highest BCUT2D eigenvalue weighted by Gasteiger charge is 2.45. The smallest absolute Gasteiger partial charge is 0.295 e. The summed E-state index contributed by atoms with van der Waals surface area (Å²) < 4.78 is 19.1. The van der Waals surface area contributed by atoms with Crippen molar-refractivity contribution in [1.29, 1.82) is 0 Å². The lowest BCUT2D eigenvalue weighted by molar-refractivity contribution is -0.139. The molecule has 1 amide bonds. The van der Waals surface area contributed by atoms with E-state index in [1.54, 1.807) is 18.2 Å². The molecule has 2 aromatic rings. The lowest BCUT2D eigenvalue weighted by Gasteiger charge is -2.26. The number of methoxy groups -OCH3 is 1. The molecule has 0 aliphatic carbocycles. The second-order valence-electron chi connectivity index (χ2n) is 7.55. The van der Waals surface area contributed by atoms with Crippen LogP contribution in [0, 0.1) is 5.82 Å². The van der Waals surface area contributed by atoms with Crippen LogP contribution in [0.25, 0.3) is 5.76 Å². The summed E-state index contributed by atoms with van der Waals surface area (Å²) in [5.74, 6) is -2.00. The van der Waals surface area contributed by atoms with Gasteiger partial charge in [-0.1, -0.05) is 23.7 Å². The molecule has 2 aromatic carbocycles. The van der Waals surface area contributed by atoms with E-state index < -0.39 is 23.5 Å². The van der Waals surface area contributed by atoms with Crippen LogP contribution in [0.3, 0.4) is 0 Å². The number of aliphatic hydroxyl groups is 1. The van der Waals surface area contributed by atoms with Crippen LogP contribution >= 0.6 is 11.6 Å². The lowest BCUT2D eigenvalue weighted by atomic mass is 9.95. The van der Waals surface area contributed by atoms with Gasteiger partial charge >= 0.3 is 0 Å². The van der Waals surface area contributed by atoms with Crippen molar-refractivity contribution in [3.8, 4) is 5.75 Å². The van der Waals surface area contributed by atoms with Gasteiger partial charge < -0.3 is 19.6 Å². The Kier molecular flexibility index (Phi) is 6.97. The minimum Gasteiger partial charge on any atom is -0.507 e. The maximum atomic E-state index is 14.0. The van der Waals surface area contributed by atoms with Gasteiger partial charge in [0.25, 0.3) is 11.7 Å². The van der Waals surface area contributed by atoms with Crippen molar-refractivity contribution in [3.63, 3.8) is 0 Å². The quantitative estimate of drug-likeness (QED) is 0.397. The Labute approximate surface area is 185 Å². The van der Waals surface area contributed by atoms with Gasteiger partial charge in [-0.05, 0) is 63.0 Å². The Hall–Kier alpha value is -2.90. The molecular formula is C23H24ClFN2O4. The summed E-state index contributed by atoms with van der Waals surface area (Å²) in [6, 6.07) is 9.34. The van der Waals surface area contributed by atoms with Crippen LogP contribution in [0.15, 0.2) is 48.0 Å². The van der Waals surface area contributed by atoms with E-state index in [1.807, 2.05) is 19.0 Å². The SMILES string of the molecule is COc1ccc(/C(O)=C2/C(=O)C(=O)N(CCCN(C)C)C2c2cccc(F)c2)cc1Cl. The molecule has 0 aromatic heterocycles. The van der Waals surface area contributed by atoms with Crippen molar-refractivity contribution in [2.45, 2.75) is 12.5 Å². The van der Waals surface area contributed by atoms with Gasteiger partial charge in [0.2, 0.25) is 0 Å². The Bertz CT molecular complexity index is 1040. The number of benzene rings is 2. The van der Waals surface area contributed by atoms with Gasteiger partial charge in [-0.2, -0.15) is 0 Å². The number of carbonyl (C=O) groups is 2. The molecule has 8 heteroatoms. The zero-order valence-corrected chi connectivity index (χ0v) is 18.3. The zero-order valence-electron chi connectivity index (χ0n) is 17.6. The van der Waals surface area contributed by atoms with Crippen LogP contribution in [0.2, 0.25) is 5.02 Å². The van der Waals surface area contributed by atoms with Crippen molar-refractivity contribution in [3.05, 3.63) is 70.0 Å². The van der Waals surface area contributed by atoms with Gasteiger partial charge in [0.1, 0.15) is 17.3 Å². The maximum absolute atomic E-state index is 14.0. The van der Waals surface area contributed by atoms with Crippen molar-refractivity contribution in [2.24, 2.45) is 0 Å². The first kappa shape index (κ1) is 22.8. The molecule has 31 heavy (non-hydrogen) atoms. The van der Waals surface area contributed by atoms with E-state index in [0.717, 1.165) is 0 Å². The molecule has 1 heterocycles. The summed E-state index contributed by atoms with van der Waals surface area (Å²) in [5, 5.41) is 11.3. The number of ether oxygens (including phenoxy) is 1. The van der Waals surface area contributed by atoms with Gasteiger partial charge in [0.05, 0.1) is 23.7 Å². The predicted octanol–water partition coefficient (Wildman–Crippen LogP) is 3.86. The van der Waals surface area contributed by atoms with Crippen molar-refractivity contribution >= 4 is 29.1 Å². The summed E-state index contributed by atoms with van der Waals surface area (Å²) in [4.78, 5) is 29.1. The average molecular weight is 447 g/mol. The minimum absolute atomic E-state index is 0.0957. The van der Waals surface area contributed by atoms with Gasteiger partial charge in [0, 0.05) is 12.1 Å². The highest BCUT2D eigenvalue weighted by Crippen LogP contribution is 2.40. The molecule has 164 valence electrons. The number of hydrogen-bond acceptors (Lipinski definition) is 5. The number of nitrogens with zero attached hydrogens (tertiary/aromatic N) is 2. The molecule has 1 aliphatic heterocycles. The molecule has 0 bridgehead atoms. The molecular weight excluding hydrogens is 423 g/mol. The van der Waals surface area contributed by atoms with E-state index >= 15 is 0 Å². The average Bonchev–Trinajstić information content (AvgIpc) is 2.98. The molecule has 1 N–H and O–H groups in total. The standard InChI is InChI=1S/C23H24ClFN2O4/c1-26(2)10-5-11-27-20(14-6-4-7-16(25)12-14)19(22(29)23(27)30)21(28)15-8-9-18(31-3)17(24)13-15/h4,6-9,12-13,20,28H,5,10-11H2,1-3H3/b21-19-. The Morgan fingerprint density at radius 1 is 1.23 bits per heavy atom. The molecule has 0 radical (unpaired) electrons. The normalized spacial score (nSPS) is 18.1. The third-order valence-corrected chi connectivity index (χ3v) is 5.43. The van der Waals surface area contributed by atoms with Crippen molar-refractivity contribution in [1.82, 2.24) is 9.80 Å². The molecule has 1 unspecified atom stereocenters. The van der Waals surface area contributed by atoms with Crippen LogP contribution < -0.4 is 4.74 Å². The molecule has 0 saturated carbocycles. The topological polar surface area (TPSA) is 70.1 Å². The first-order valence-electron chi connectivity index (χ1n) is 9.77. The first-order valence-corrected chi connectivity index (χ1v) is 10.1. The fourth-order valence-electron chi connectivity index (χ4n) is 3.66. The Morgan fingerprint density at radius 3 is 2.58 bits per heavy atom. The van der Waals surface area contributed by atoms with Gasteiger partial charge in [-0.25, -0.2) is 4.39 Å². The molecule has 1 atom stereocenters. The van der Waals surface area contributed by atoms with E-state index in [2.05, 4.69) is 0 Å². The van der Waals surface area contributed by atoms with Crippen LogP contribution in [0.4, 0.5) is 4.39 Å². The fourth-order valence-corrected chi connectivity index (χ4v) is 3.92. The second-order valence-corrected chi connectivity index (χ2v) is 7.96. The van der Waals surface area contributed by atoms with E-state index in [4.69, 9.17) is 16.3 Å². The lowest BCUT2D eigenvalue weighted by Crippen LogP contribution is -2.32. The third kappa shape index (κ3) is 4.73. The molecule has 1 fully saturated rings. The largest absolute Gasteiger partial charge is 0.507 e. The first-order chi connectivity index (χ1) is 14.7. The zero-order chi connectivity index (χ0) is 22.7. The Balaban J connectivity index is 2.11. The summed E-state index contributed by atoms with van der Waals surface area (Å²) in [7, 11) is 5.28. The van der Waals surface area contributed by atoms with Gasteiger partial charge in [-0.15, -0.1) is 0 Å². The number of ketones is 1. The van der Waals surface area contributed by atoms with E-state index in [-0.39, 0.29) is 28.5 Å². The van der Waals surface area contributed by atoms with Crippen LogP contribution in [-0.4, -0.2) is 60.9 Å². The number of likely N-dealkylation sites (tertiary alicyclic amines) is 1. The highest BCUT2D eigenvalue weighted by atomic mass is 35.5. The number of amides is 1. The van der Waals surface area contributed by atoms with Crippen LogP contribution in [0.5, 0.6) is 5.75 Å². The van der Waals surface area contributed by atoms with Crippen molar-refractivity contribution in [2.75, 3.05) is 34.3 Å². The summed E-state index contributed by atoms with van der Waals surface area (Å²) in [6.07, 6.45) is 0.611. The van der Waals surface area contributed by atoms with Gasteiger partial charge in [-0.3, -0.25) is 9.59 Å². The number of carbonyl (C=O) groups excluding carboxylic acids is 2. The predicted molar refractivity (Wildman–Crippen MR) is 117 cm³/mol. The van der Waals surface area contributed by atoms with Crippen molar-refractivity contribution < 1.29 is 23.8 Å². The summed E-state index contributed by atoms with van der Waals surface area (Å²) in [5.41, 5.74) is 0.574. The summed E-state index contributed by atoms with van der Waals surface area (Å²) in [6.45, 7) is 0.983. The number of rotatable bonds is 7.